The van der Waals surface area contributed by atoms with Gasteiger partial charge in [-0.05, 0) is 62.8 Å². The Labute approximate surface area is 217 Å². The molecule has 3 aliphatic carbocycles. The first kappa shape index (κ1) is 27.2. The van der Waals surface area contributed by atoms with E-state index < -0.39 is 23.6 Å². The summed E-state index contributed by atoms with van der Waals surface area (Å²) in [5.41, 5.74) is 0.318. The minimum Gasteiger partial charge on any atom is -0.496 e. The van der Waals surface area contributed by atoms with Crippen LogP contribution in [0.4, 0.5) is 4.39 Å². The zero-order valence-electron chi connectivity index (χ0n) is 21.8. The summed E-state index contributed by atoms with van der Waals surface area (Å²) in [6.07, 6.45) is 8.31. The van der Waals surface area contributed by atoms with E-state index in [0.717, 1.165) is 31.7 Å². The number of aliphatic carboxylic acids is 1. The predicted molar refractivity (Wildman–Crippen MR) is 135 cm³/mol. The molecule has 3 N–H and O–H groups in total. The fourth-order valence-corrected chi connectivity index (χ4v) is 5.83. The molecule has 0 aliphatic heterocycles. The van der Waals surface area contributed by atoms with Crippen LogP contribution in [0.1, 0.15) is 87.9 Å². The number of carbonyl (C=O) groups excluding carboxylic acids is 2. The van der Waals surface area contributed by atoms with E-state index in [2.05, 4.69) is 17.6 Å². The van der Waals surface area contributed by atoms with Gasteiger partial charge in [-0.15, -0.1) is 0 Å². The molecule has 1 aromatic carbocycles. The van der Waals surface area contributed by atoms with Crippen molar-refractivity contribution in [2.75, 3.05) is 13.7 Å². The monoisotopic (exact) mass is 518 g/mol. The van der Waals surface area contributed by atoms with E-state index in [1.165, 1.54) is 19.6 Å². The number of hydrogen-bond acceptors (Lipinski definition) is 5. The van der Waals surface area contributed by atoms with Gasteiger partial charge < -0.3 is 25.2 Å². The van der Waals surface area contributed by atoms with Crippen LogP contribution >= 0.6 is 0 Å². The highest BCUT2D eigenvalue weighted by Crippen LogP contribution is 2.39. The number of nitrogens with one attached hydrogen (secondary N) is 2. The van der Waals surface area contributed by atoms with Crippen LogP contribution in [0.15, 0.2) is 12.1 Å². The van der Waals surface area contributed by atoms with E-state index in [9.17, 15) is 23.9 Å². The molecule has 3 saturated carbocycles. The molecule has 0 heterocycles. The number of methoxy groups -OCH3 is 1. The zero-order chi connectivity index (χ0) is 26.6. The Balaban J connectivity index is 1.43. The molecular weight excluding hydrogens is 479 g/mol. The highest BCUT2D eigenvalue weighted by atomic mass is 19.1. The third-order valence-corrected chi connectivity index (χ3v) is 8.48. The lowest BCUT2D eigenvalue weighted by atomic mass is 9.70. The SMILES string of the molecule is COc1cc(F)c(OC2CCC(C(=O)O)CC2)cc1C(=O)NC1CCCCC1C(=O)NCC1(C)CCC1. The Bertz CT molecular complexity index is 1000. The smallest absolute Gasteiger partial charge is 0.306 e. The molecule has 0 spiro atoms. The van der Waals surface area contributed by atoms with Crippen LogP contribution in [-0.4, -0.2) is 48.7 Å². The summed E-state index contributed by atoms with van der Waals surface area (Å²) in [6.45, 7) is 2.85. The lowest BCUT2D eigenvalue weighted by Crippen LogP contribution is -2.50. The summed E-state index contributed by atoms with van der Waals surface area (Å²) in [6, 6.07) is 2.17. The van der Waals surface area contributed by atoms with Crippen molar-refractivity contribution in [2.45, 2.75) is 89.7 Å². The first-order chi connectivity index (χ1) is 17.7. The molecule has 0 saturated heterocycles. The Hall–Kier alpha value is -2.84. The van der Waals surface area contributed by atoms with Crippen molar-refractivity contribution in [2.24, 2.45) is 17.3 Å². The predicted octanol–water partition coefficient (Wildman–Crippen LogP) is 4.45. The van der Waals surface area contributed by atoms with Gasteiger partial charge in [-0.3, -0.25) is 14.4 Å². The third-order valence-electron chi connectivity index (χ3n) is 8.48. The molecular formula is C28H39FN2O6. The number of carbonyl (C=O) groups is 3. The third kappa shape index (κ3) is 6.54. The average Bonchev–Trinajstić information content (AvgIpc) is 2.87. The fourth-order valence-electron chi connectivity index (χ4n) is 5.83. The number of carboxylic acid groups (broad SMARTS) is 1. The number of carboxylic acids is 1. The molecule has 9 heteroatoms. The Morgan fingerprint density at radius 2 is 1.73 bits per heavy atom. The van der Waals surface area contributed by atoms with E-state index in [-0.39, 0.29) is 46.4 Å². The van der Waals surface area contributed by atoms with Gasteiger partial charge in [0.25, 0.3) is 5.91 Å². The molecule has 0 radical (unpaired) electrons. The summed E-state index contributed by atoms with van der Waals surface area (Å²) in [5.74, 6) is -2.61. The van der Waals surface area contributed by atoms with Crippen LogP contribution < -0.4 is 20.1 Å². The summed E-state index contributed by atoms with van der Waals surface area (Å²) < 4.78 is 26.0. The topological polar surface area (TPSA) is 114 Å². The minimum atomic E-state index is -0.819. The lowest BCUT2D eigenvalue weighted by molar-refractivity contribution is -0.143. The van der Waals surface area contributed by atoms with Gasteiger partial charge in [0.05, 0.1) is 30.6 Å². The van der Waals surface area contributed by atoms with Crippen LogP contribution in [0.3, 0.4) is 0 Å². The van der Waals surface area contributed by atoms with Crippen LogP contribution in [0, 0.1) is 23.1 Å². The molecule has 2 atom stereocenters. The number of halogens is 1. The first-order valence-electron chi connectivity index (χ1n) is 13.5. The zero-order valence-corrected chi connectivity index (χ0v) is 21.8. The number of amides is 2. The quantitative estimate of drug-likeness (QED) is 0.445. The molecule has 0 bridgehead atoms. The first-order valence-corrected chi connectivity index (χ1v) is 13.5. The van der Waals surface area contributed by atoms with Gasteiger partial charge >= 0.3 is 5.97 Å². The van der Waals surface area contributed by atoms with Gasteiger partial charge in [-0.1, -0.05) is 26.2 Å². The molecule has 0 aromatic heterocycles. The Morgan fingerprint density at radius 1 is 1.03 bits per heavy atom. The van der Waals surface area contributed by atoms with Gasteiger partial charge in [0.2, 0.25) is 5.91 Å². The maximum absolute atomic E-state index is 14.8. The summed E-state index contributed by atoms with van der Waals surface area (Å²) in [7, 11) is 1.37. The van der Waals surface area contributed by atoms with E-state index in [0.29, 0.717) is 45.1 Å². The van der Waals surface area contributed by atoms with Crippen LogP contribution in [-0.2, 0) is 9.59 Å². The number of rotatable bonds is 9. The molecule has 3 fully saturated rings. The molecule has 1 aromatic rings. The minimum absolute atomic E-state index is 0.0230. The van der Waals surface area contributed by atoms with Crippen LogP contribution in [0.5, 0.6) is 11.5 Å². The van der Waals surface area contributed by atoms with Crippen molar-refractivity contribution < 1.29 is 33.4 Å². The highest BCUT2D eigenvalue weighted by Gasteiger charge is 2.36. The molecule has 4 rings (SSSR count). The van der Waals surface area contributed by atoms with Crippen molar-refractivity contribution in [3.05, 3.63) is 23.5 Å². The standard InChI is InChI=1S/C28H39FN2O6/c1-28(12-5-13-28)16-30-25(32)19-6-3-4-7-22(19)31-26(33)20-14-24(21(29)15-23(20)36-2)37-18-10-8-17(9-11-18)27(34)35/h14-15,17-19,22H,3-13,16H2,1-2H3,(H,30,32)(H,31,33)(H,34,35). The van der Waals surface area contributed by atoms with Gasteiger partial charge in [0, 0.05) is 18.7 Å². The van der Waals surface area contributed by atoms with E-state index >= 15 is 0 Å². The van der Waals surface area contributed by atoms with Gasteiger partial charge in [-0.2, -0.15) is 0 Å². The maximum Gasteiger partial charge on any atom is 0.306 e. The van der Waals surface area contributed by atoms with Gasteiger partial charge in [0.1, 0.15) is 5.75 Å². The van der Waals surface area contributed by atoms with Crippen molar-refractivity contribution >= 4 is 17.8 Å². The van der Waals surface area contributed by atoms with Crippen molar-refractivity contribution in [1.29, 1.82) is 0 Å². The fraction of sp³-hybridized carbons (Fsp3) is 0.679. The van der Waals surface area contributed by atoms with Crippen molar-refractivity contribution in [3.63, 3.8) is 0 Å². The number of hydrogen-bond donors (Lipinski definition) is 3. The van der Waals surface area contributed by atoms with Crippen molar-refractivity contribution in [3.8, 4) is 11.5 Å². The Kier molecular flexibility index (Phi) is 8.60. The van der Waals surface area contributed by atoms with Crippen LogP contribution in [0.25, 0.3) is 0 Å². The number of ether oxygens (including phenoxy) is 2. The molecule has 204 valence electrons. The summed E-state index contributed by atoms with van der Waals surface area (Å²) >= 11 is 0. The van der Waals surface area contributed by atoms with E-state index in [1.54, 1.807) is 0 Å². The second kappa shape index (κ2) is 11.7. The molecule has 37 heavy (non-hydrogen) atoms. The second-order valence-electron chi connectivity index (χ2n) is 11.3. The maximum atomic E-state index is 14.8. The molecule has 2 unspecified atom stereocenters. The summed E-state index contributed by atoms with van der Waals surface area (Å²) in [5, 5.41) is 15.3. The largest absolute Gasteiger partial charge is 0.496 e. The normalized spacial score (nSPS) is 26.9. The van der Waals surface area contributed by atoms with E-state index in [4.69, 9.17) is 9.47 Å². The van der Waals surface area contributed by atoms with Gasteiger partial charge in [0.15, 0.2) is 11.6 Å². The second-order valence-corrected chi connectivity index (χ2v) is 11.3. The molecule has 3 aliphatic rings. The highest BCUT2D eigenvalue weighted by molar-refractivity contribution is 5.98. The molecule has 2 amide bonds. The van der Waals surface area contributed by atoms with Crippen LogP contribution in [0.2, 0.25) is 0 Å². The molecule has 8 nitrogen and oxygen atoms in total. The van der Waals surface area contributed by atoms with E-state index in [1.807, 2.05) is 0 Å². The Morgan fingerprint density at radius 3 is 2.35 bits per heavy atom. The lowest BCUT2D eigenvalue weighted by Gasteiger charge is -2.39. The van der Waals surface area contributed by atoms with Gasteiger partial charge in [-0.25, -0.2) is 4.39 Å². The summed E-state index contributed by atoms with van der Waals surface area (Å²) in [4.78, 5) is 37.6. The average molecular weight is 519 g/mol. The van der Waals surface area contributed by atoms with Crippen molar-refractivity contribution in [1.82, 2.24) is 10.6 Å². The number of benzene rings is 1.